The molecule has 2 aromatic heterocycles. The smallest absolute Gasteiger partial charge is 0.319 e. The molecule has 3 atom stereocenters. The number of likely N-dealkylation sites (N-methyl/N-ethyl adjacent to an activating group) is 1. The maximum Gasteiger partial charge on any atom is 0.319 e. The van der Waals surface area contributed by atoms with Crippen LogP contribution in [0.2, 0.25) is 5.02 Å². The van der Waals surface area contributed by atoms with Crippen molar-refractivity contribution in [1.29, 1.82) is 0 Å². The molecule has 0 radical (unpaired) electrons. The number of H-pyrrole nitrogens is 1. The van der Waals surface area contributed by atoms with Gasteiger partial charge >= 0.3 is 6.01 Å². The number of nitrogens with one attached hydrogen (secondary N) is 2. The van der Waals surface area contributed by atoms with E-state index in [9.17, 15) is 8.78 Å². The van der Waals surface area contributed by atoms with Crippen molar-refractivity contribution in [3.63, 3.8) is 0 Å². The largest absolute Gasteiger partial charge is 0.462 e. The number of likely N-dealkylation sites (tertiary alicyclic amines) is 1. The van der Waals surface area contributed by atoms with Crippen molar-refractivity contribution < 1.29 is 13.5 Å². The number of aromatic amines is 1. The minimum Gasteiger partial charge on any atom is -0.462 e. The van der Waals surface area contributed by atoms with Crippen LogP contribution >= 0.6 is 11.6 Å². The Morgan fingerprint density at radius 1 is 1.17 bits per heavy atom. The Balaban J connectivity index is 1.37. The number of rotatable bonds is 6. The average molecular weight is 582 g/mol. The number of nitrogens with zero attached hydrogens (tertiary/aromatic N) is 5. The highest BCUT2D eigenvalue weighted by Crippen LogP contribution is 2.42. The van der Waals surface area contributed by atoms with E-state index in [2.05, 4.69) is 47.4 Å². The van der Waals surface area contributed by atoms with E-state index in [1.54, 1.807) is 0 Å². The highest BCUT2D eigenvalue weighted by molar-refractivity contribution is 6.35. The van der Waals surface area contributed by atoms with Crippen molar-refractivity contribution in [2.24, 2.45) is 0 Å². The standard InChI is InChI=1S/C30H34ClF2N7O/c1-16-9-25-22(12-34-38-25)26(17(16)2)20-11-24-21(10-23(20)31)27(36-29(35-24)41-14-19-5-4-8-39(19)3)40-13-18-6-7-30(15-40,37-18)28(32)33/h9-12,18-19,28,37H,4-8,13-15H2,1-3H3,(H,34,38). The number of alkyl halides is 2. The van der Waals surface area contributed by atoms with E-state index in [1.165, 1.54) is 0 Å². The van der Waals surface area contributed by atoms with Crippen molar-refractivity contribution >= 4 is 39.2 Å². The summed E-state index contributed by atoms with van der Waals surface area (Å²) in [5.41, 5.74) is 4.40. The van der Waals surface area contributed by atoms with Crippen molar-refractivity contribution in [3.05, 3.63) is 40.5 Å². The van der Waals surface area contributed by atoms with Gasteiger partial charge in [-0.3, -0.25) is 5.10 Å². The molecule has 0 spiro atoms. The molecule has 2 bridgehead atoms. The van der Waals surface area contributed by atoms with Crippen LogP contribution in [0.25, 0.3) is 32.9 Å². The van der Waals surface area contributed by atoms with Crippen molar-refractivity contribution in [3.8, 4) is 17.1 Å². The molecule has 0 aliphatic carbocycles. The summed E-state index contributed by atoms with van der Waals surface area (Å²) in [6.45, 7) is 6.39. The number of ether oxygens (including phenoxy) is 1. The van der Waals surface area contributed by atoms with Crippen molar-refractivity contribution in [1.82, 2.24) is 30.4 Å². The number of fused-ring (bicyclic) bond motifs is 4. The Labute approximate surface area is 242 Å². The molecule has 0 saturated carbocycles. The lowest BCUT2D eigenvalue weighted by Gasteiger charge is -2.41. The summed E-state index contributed by atoms with van der Waals surface area (Å²) < 4.78 is 34.8. The van der Waals surface area contributed by atoms with Crippen LogP contribution < -0.4 is 15.0 Å². The quantitative estimate of drug-likeness (QED) is 0.311. The predicted molar refractivity (Wildman–Crippen MR) is 157 cm³/mol. The fourth-order valence-electron chi connectivity index (χ4n) is 6.96. The van der Waals surface area contributed by atoms with Gasteiger partial charge in [0.2, 0.25) is 0 Å². The SMILES string of the molecule is Cc1cc2[nH]ncc2c(-c2cc3nc(OCC4CCCN4C)nc(N4CC5CCC(C(F)F)(C4)N5)c3cc2Cl)c1C. The molecule has 216 valence electrons. The highest BCUT2D eigenvalue weighted by atomic mass is 35.5. The van der Waals surface area contributed by atoms with E-state index in [-0.39, 0.29) is 18.6 Å². The monoisotopic (exact) mass is 581 g/mol. The van der Waals surface area contributed by atoms with Crippen LogP contribution in [0.1, 0.15) is 36.8 Å². The van der Waals surface area contributed by atoms with Gasteiger partial charge in [0.1, 0.15) is 12.4 Å². The predicted octanol–water partition coefficient (Wildman–Crippen LogP) is 5.49. The average Bonchev–Trinajstić information content (AvgIpc) is 3.66. The minimum atomic E-state index is -2.48. The molecule has 11 heteroatoms. The van der Waals surface area contributed by atoms with E-state index < -0.39 is 12.0 Å². The number of halogens is 3. The van der Waals surface area contributed by atoms with Gasteiger partial charge in [0.15, 0.2) is 0 Å². The molecule has 5 heterocycles. The summed E-state index contributed by atoms with van der Waals surface area (Å²) in [5, 5.41) is 12.8. The third-order valence-electron chi connectivity index (χ3n) is 9.42. The lowest BCUT2D eigenvalue weighted by atomic mass is 9.93. The first kappa shape index (κ1) is 26.8. The van der Waals surface area contributed by atoms with Gasteiger partial charge < -0.3 is 19.9 Å². The fourth-order valence-corrected chi connectivity index (χ4v) is 7.22. The van der Waals surface area contributed by atoms with Crippen molar-refractivity contribution in [2.75, 3.05) is 38.2 Å². The summed E-state index contributed by atoms with van der Waals surface area (Å²) >= 11 is 7.02. The Morgan fingerprint density at radius 3 is 2.80 bits per heavy atom. The molecule has 3 aliphatic heterocycles. The Hall–Kier alpha value is -3.08. The lowest BCUT2D eigenvalue weighted by molar-refractivity contribution is 0.0367. The molecule has 4 aromatic rings. The maximum absolute atomic E-state index is 14.3. The topological polar surface area (TPSA) is 82.2 Å². The fraction of sp³-hybridized carbons (Fsp3) is 0.500. The Bertz CT molecular complexity index is 1640. The number of hydrogen-bond acceptors (Lipinski definition) is 7. The molecule has 41 heavy (non-hydrogen) atoms. The molecule has 3 fully saturated rings. The lowest BCUT2D eigenvalue weighted by Crippen LogP contribution is -2.63. The molecule has 3 unspecified atom stereocenters. The second kappa shape index (κ2) is 10.0. The Kier molecular flexibility index (Phi) is 6.55. The van der Waals surface area contributed by atoms with E-state index in [0.29, 0.717) is 48.4 Å². The van der Waals surface area contributed by atoms with Crippen LogP contribution in [0.15, 0.2) is 24.4 Å². The van der Waals surface area contributed by atoms with Gasteiger partial charge in [0.25, 0.3) is 6.43 Å². The molecule has 2 aromatic carbocycles. The number of piperazine rings is 1. The molecule has 3 aliphatic rings. The van der Waals surface area contributed by atoms with Gasteiger partial charge in [-0.1, -0.05) is 11.6 Å². The summed E-state index contributed by atoms with van der Waals surface area (Å²) in [6.07, 6.45) is 2.67. The zero-order valence-electron chi connectivity index (χ0n) is 23.5. The maximum atomic E-state index is 14.3. The van der Waals surface area contributed by atoms with E-state index >= 15 is 0 Å². The molecule has 2 N–H and O–H groups in total. The van der Waals surface area contributed by atoms with E-state index in [1.807, 2.05) is 23.2 Å². The zero-order chi connectivity index (χ0) is 28.5. The minimum absolute atomic E-state index is 0.0293. The molecule has 0 amide bonds. The van der Waals surface area contributed by atoms with Crippen LogP contribution in [0.5, 0.6) is 6.01 Å². The number of aromatic nitrogens is 4. The number of benzene rings is 2. The van der Waals surface area contributed by atoms with Crippen LogP contribution in [0, 0.1) is 13.8 Å². The van der Waals surface area contributed by atoms with Gasteiger partial charge in [-0.05, 0) is 88.0 Å². The van der Waals surface area contributed by atoms with Crippen LogP contribution in [0.3, 0.4) is 0 Å². The molecule has 3 saturated heterocycles. The number of hydrogen-bond donors (Lipinski definition) is 2. The van der Waals surface area contributed by atoms with Gasteiger partial charge in [0.05, 0.1) is 22.8 Å². The van der Waals surface area contributed by atoms with E-state index in [0.717, 1.165) is 57.9 Å². The molecule has 7 rings (SSSR count). The summed E-state index contributed by atoms with van der Waals surface area (Å²) in [5.74, 6) is 0.589. The third kappa shape index (κ3) is 4.51. The number of anilines is 1. The van der Waals surface area contributed by atoms with Crippen molar-refractivity contribution in [2.45, 2.75) is 63.6 Å². The second-order valence-corrected chi connectivity index (χ2v) is 12.4. The molecular formula is C30H34ClF2N7O. The van der Waals surface area contributed by atoms with Crippen LogP contribution in [-0.4, -0.2) is 82.4 Å². The van der Waals surface area contributed by atoms with Gasteiger partial charge in [-0.25, -0.2) is 8.78 Å². The van der Waals surface area contributed by atoms with Gasteiger partial charge in [0, 0.05) is 46.5 Å². The molecule has 8 nitrogen and oxygen atoms in total. The van der Waals surface area contributed by atoms with Crippen LogP contribution in [0.4, 0.5) is 14.6 Å². The summed E-state index contributed by atoms with van der Waals surface area (Å²) in [4.78, 5) is 13.9. The third-order valence-corrected chi connectivity index (χ3v) is 9.73. The number of aryl methyl sites for hydroxylation is 1. The first-order valence-electron chi connectivity index (χ1n) is 14.3. The van der Waals surface area contributed by atoms with Crippen LogP contribution in [-0.2, 0) is 0 Å². The first-order valence-corrected chi connectivity index (χ1v) is 14.7. The second-order valence-electron chi connectivity index (χ2n) is 12.0. The molecular weight excluding hydrogens is 548 g/mol. The summed E-state index contributed by atoms with van der Waals surface area (Å²) in [7, 11) is 2.10. The van der Waals surface area contributed by atoms with Gasteiger partial charge in [-0.15, -0.1) is 0 Å². The normalized spacial score (nSPS) is 24.8. The summed E-state index contributed by atoms with van der Waals surface area (Å²) in [6, 6.07) is 6.46. The zero-order valence-corrected chi connectivity index (χ0v) is 24.2. The van der Waals surface area contributed by atoms with E-state index in [4.69, 9.17) is 26.3 Å². The van der Waals surface area contributed by atoms with Gasteiger partial charge in [-0.2, -0.15) is 15.1 Å². The Morgan fingerprint density at radius 2 is 2.02 bits per heavy atom. The highest BCUT2D eigenvalue weighted by Gasteiger charge is 2.51. The first-order chi connectivity index (χ1) is 19.7.